The molecule has 0 bridgehead atoms. The van der Waals surface area contributed by atoms with E-state index in [-0.39, 0.29) is 0 Å². The molecule has 0 spiro atoms. The van der Waals surface area contributed by atoms with Crippen molar-refractivity contribution >= 4 is 11.6 Å². The van der Waals surface area contributed by atoms with Gasteiger partial charge in [0.05, 0.1) is 0 Å². The molecule has 1 atom stereocenters. The zero-order valence-corrected chi connectivity index (χ0v) is 9.93. The number of halogens is 1. The maximum Gasteiger partial charge on any atom is 0.0408 e. The molecule has 1 aromatic carbocycles. The van der Waals surface area contributed by atoms with Crippen LogP contribution in [-0.2, 0) is 0 Å². The molecule has 1 saturated heterocycles. The van der Waals surface area contributed by atoms with Gasteiger partial charge < -0.3 is 5.32 Å². The number of rotatable bonds is 2. The first-order valence-corrected chi connectivity index (χ1v) is 6.11. The highest BCUT2D eigenvalue weighted by molar-refractivity contribution is 6.30. The van der Waals surface area contributed by atoms with E-state index in [0.717, 1.165) is 24.0 Å². The zero-order chi connectivity index (χ0) is 10.7. The van der Waals surface area contributed by atoms with Gasteiger partial charge in [-0.1, -0.05) is 30.7 Å². The molecule has 82 valence electrons. The SMILES string of the molecule is C[C@H](c1cccc(Cl)c1)C1CCNCC1. The second-order valence-electron chi connectivity index (χ2n) is 4.43. The van der Waals surface area contributed by atoms with Crippen molar-refractivity contribution in [2.75, 3.05) is 13.1 Å². The van der Waals surface area contributed by atoms with Gasteiger partial charge in [0.1, 0.15) is 0 Å². The lowest BCUT2D eigenvalue weighted by atomic mass is 9.82. The maximum atomic E-state index is 6.02. The van der Waals surface area contributed by atoms with Gasteiger partial charge in [0.15, 0.2) is 0 Å². The first-order valence-electron chi connectivity index (χ1n) is 5.73. The third-order valence-corrected chi connectivity index (χ3v) is 3.70. The smallest absolute Gasteiger partial charge is 0.0408 e. The van der Waals surface area contributed by atoms with E-state index in [2.05, 4.69) is 30.4 Å². The Labute approximate surface area is 96.8 Å². The zero-order valence-electron chi connectivity index (χ0n) is 9.17. The second kappa shape index (κ2) is 5.00. The van der Waals surface area contributed by atoms with E-state index in [1.807, 2.05) is 6.07 Å². The Kier molecular flexibility index (Phi) is 3.66. The Hall–Kier alpha value is -0.530. The number of benzene rings is 1. The van der Waals surface area contributed by atoms with Gasteiger partial charge in [-0.25, -0.2) is 0 Å². The summed E-state index contributed by atoms with van der Waals surface area (Å²) in [4.78, 5) is 0. The minimum Gasteiger partial charge on any atom is -0.317 e. The predicted octanol–water partition coefficient (Wildman–Crippen LogP) is 3.44. The quantitative estimate of drug-likeness (QED) is 0.810. The van der Waals surface area contributed by atoms with Crippen LogP contribution in [-0.4, -0.2) is 13.1 Å². The highest BCUT2D eigenvalue weighted by Gasteiger charge is 2.20. The average Bonchev–Trinajstić information content (AvgIpc) is 2.29. The van der Waals surface area contributed by atoms with Crippen molar-refractivity contribution in [1.29, 1.82) is 0 Å². The summed E-state index contributed by atoms with van der Waals surface area (Å²) in [5, 5.41) is 4.26. The highest BCUT2D eigenvalue weighted by atomic mass is 35.5. The van der Waals surface area contributed by atoms with Gasteiger partial charge in [0.2, 0.25) is 0 Å². The summed E-state index contributed by atoms with van der Waals surface area (Å²) < 4.78 is 0. The molecule has 1 heterocycles. The van der Waals surface area contributed by atoms with Crippen molar-refractivity contribution in [2.24, 2.45) is 5.92 Å². The van der Waals surface area contributed by atoms with E-state index in [4.69, 9.17) is 11.6 Å². The van der Waals surface area contributed by atoms with Crippen molar-refractivity contribution in [3.8, 4) is 0 Å². The monoisotopic (exact) mass is 223 g/mol. The molecular weight excluding hydrogens is 206 g/mol. The third kappa shape index (κ3) is 2.73. The van der Waals surface area contributed by atoms with Gasteiger partial charge in [0.25, 0.3) is 0 Å². The molecule has 0 aliphatic carbocycles. The summed E-state index contributed by atoms with van der Waals surface area (Å²) in [6, 6.07) is 8.29. The Balaban J connectivity index is 2.08. The lowest BCUT2D eigenvalue weighted by Gasteiger charge is -2.28. The first kappa shape index (κ1) is 11.0. The fourth-order valence-corrected chi connectivity index (χ4v) is 2.60. The Morgan fingerprint density at radius 2 is 2.07 bits per heavy atom. The minimum atomic E-state index is 0.630. The maximum absolute atomic E-state index is 6.02. The molecule has 0 radical (unpaired) electrons. The van der Waals surface area contributed by atoms with Gasteiger partial charge in [0, 0.05) is 5.02 Å². The molecule has 2 heteroatoms. The Bertz CT molecular complexity index is 318. The van der Waals surface area contributed by atoms with E-state index in [1.54, 1.807) is 0 Å². The molecule has 1 fully saturated rings. The van der Waals surface area contributed by atoms with Crippen molar-refractivity contribution in [3.05, 3.63) is 34.9 Å². The molecule has 2 rings (SSSR count). The Morgan fingerprint density at radius 3 is 2.73 bits per heavy atom. The van der Waals surface area contributed by atoms with Gasteiger partial charge in [-0.15, -0.1) is 0 Å². The molecule has 1 aromatic rings. The van der Waals surface area contributed by atoms with Gasteiger partial charge >= 0.3 is 0 Å². The van der Waals surface area contributed by atoms with E-state index >= 15 is 0 Å². The average molecular weight is 224 g/mol. The summed E-state index contributed by atoms with van der Waals surface area (Å²) >= 11 is 6.02. The number of piperidine rings is 1. The van der Waals surface area contributed by atoms with Crippen LogP contribution < -0.4 is 5.32 Å². The number of hydrogen-bond donors (Lipinski definition) is 1. The van der Waals surface area contributed by atoms with Crippen LogP contribution in [0.3, 0.4) is 0 Å². The summed E-state index contributed by atoms with van der Waals surface area (Å²) in [6.45, 7) is 4.65. The van der Waals surface area contributed by atoms with Crippen LogP contribution >= 0.6 is 11.6 Å². The molecule has 0 saturated carbocycles. The normalized spacial score (nSPS) is 20.1. The van der Waals surface area contributed by atoms with Gasteiger partial charge in [-0.3, -0.25) is 0 Å². The minimum absolute atomic E-state index is 0.630. The van der Waals surface area contributed by atoms with Crippen LogP contribution in [0.2, 0.25) is 5.02 Å². The summed E-state index contributed by atoms with van der Waals surface area (Å²) in [6.07, 6.45) is 2.57. The predicted molar refractivity (Wildman–Crippen MR) is 65.5 cm³/mol. The molecule has 0 unspecified atom stereocenters. The van der Waals surface area contributed by atoms with E-state index in [1.165, 1.54) is 18.4 Å². The van der Waals surface area contributed by atoms with Crippen molar-refractivity contribution < 1.29 is 0 Å². The summed E-state index contributed by atoms with van der Waals surface area (Å²) in [5.74, 6) is 1.44. The lowest BCUT2D eigenvalue weighted by Crippen LogP contribution is -2.30. The van der Waals surface area contributed by atoms with E-state index in [9.17, 15) is 0 Å². The largest absolute Gasteiger partial charge is 0.317 e. The van der Waals surface area contributed by atoms with Crippen LogP contribution in [0.1, 0.15) is 31.2 Å². The van der Waals surface area contributed by atoms with Gasteiger partial charge in [-0.05, 0) is 55.5 Å². The van der Waals surface area contributed by atoms with Crippen LogP contribution in [0, 0.1) is 5.92 Å². The Morgan fingerprint density at radius 1 is 1.33 bits per heavy atom. The summed E-state index contributed by atoms with van der Waals surface area (Å²) in [7, 11) is 0. The molecule has 15 heavy (non-hydrogen) atoms. The highest BCUT2D eigenvalue weighted by Crippen LogP contribution is 2.31. The molecule has 0 amide bonds. The fraction of sp³-hybridized carbons (Fsp3) is 0.538. The van der Waals surface area contributed by atoms with Crippen molar-refractivity contribution in [1.82, 2.24) is 5.32 Å². The van der Waals surface area contributed by atoms with Crippen LogP contribution in [0.4, 0.5) is 0 Å². The second-order valence-corrected chi connectivity index (χ2v) is 4.87. The van der Waals surface area contributed by atoms with E-state index in [0.29, 0.717) is 5.92 Å². The molecule has 1 aliphatic heterocycles. The molecule has 1 aliphatic rings. The van der Waals surface area contributed by atoms with E-state index < -0.39 is 0 Å². The topological polar surface area (TPSA) is 12.0 Å². The number of nitrogens with one attached hydrogen (secondary N) is 1. The molecule has 1 N–H and O–H groups in total. The molecule has 0 aromatic heterocycles. The fourth-order valence-electron chi connectivity index (χ4n) is 2.41. The molecule has 1 nitrogen and oxygen atoms in total. The number of hydrogen-bond acceptors (Lipinski definition) is 1. The van der Waals surface area contributed by atoms with Crippen molar-refractivity contribution in [3.63, 3.8) is 0 Å². The van der Waals surface area contributed by atoms with Crippen LogP contribution in [0.25, 0.3) is 0 Å². The van der Waals surface area contributed by atoms with Crippen molar-refractivity contribution in [2.45, 2.75) is 25.7 Å². The molecular formula is C13H18ClN. The standard InChI is InChI=1S/C13H18ClN/c1-10(11-5-7-15-8-6-11)12-3-2-4-13(14)9-12/h2-4,9-11,15H,5-8H2,1H3/t10-/m0/s1. The lowest BCUT2D eigenvalue weighted by molar-refractivity contribution is 0.330. The third-order valence-electron chi connectivity index (χ3n) is 3.47. The summed E-state index contributed by atoms with van der Waals surface area (Å²) in [5.41, 5.74) is 1.38. The van der Waals surface area contributed by atoms with Crippen LogP contribution in [0.15, 0.2) is 24.3 Å². The first-order chi connectivity index (χ1) is 7.27. The van der Waals surface area contributed by atoms with Crippen LogP contribution in [0.5, 0.6) is 0 Å². The van der Waals surface area contributed by atoms with Gasteiger partial charge in [-0.2, -0.15) is 0 Å².